The number of unbranched alkanes of at least 4 members (excludes halogenated alkanes) is 4. The van der Waals surface area contributed by atoms with Crippen molar-refractivity contribution in [3.05, 3.63) is 4.91 Å². The molecular weight excluding hydrogens is 270 g/mol. The van der Waals surface area contributed by atoms with E-state index in [1.165, 1.54) is 19.3 Å². The zero-order valence-corrected chi connectivity index (χ0v) is 14.1. The van der Waals surface area contributed by atoms with Gasteiger partial charge in [-0.25, -0.2) is 0 Å². The van der Waals surface area contributed by atoms with Gasteiger partial charge in [0.1, 0.15) is 6.10 Å². The molecule has 0 rings (SSSR count). The molecule has 5 heteroatoms. The molecule has 2 unspecified atom stereocenters. The molecule has 0 aromatic heterocycles. The normalized spacial score (nSPS) is 12.8. The first-order valence-corrected chi connectivity index (χ1v) is 8.24. The number of carbonyl (C=O) groups is 1. The van der Waals surface area contributed by atoms with Gasteiger partial charge in [0, 0.05) is 0 Å². The molecule has 0 radical (unpaired) electrons. The molecular formula is C16H33NO4. The Morgan fingerprint density at radius 1 is 1.05 bits per heavy atom. The standard InChI is InChI=1S/C8H17NO2.C8H16O2/c1-3-4-5-6-7-8(2)11-9-10;1-3-5-6-7(4-2)8(9)10/h8H,3-7H2,1-2H3;7H,3-6H2,1-2H3,(H,9,10). The first kappa shape index (κ1) is 22.2. The van der Waals surface area contributed by atoms with Gasteiger partial charge in [0.2, 0.25) is 0 Å². The minimum Gasteiger partial charge on any atom is -0.481 e. The minimum absolute atomic E-state index is 0.00986. The fourth-order valence-corrected chi connectivity index (χ4v) is 1.94. The second kappa shape index (κ2) is 16.9. The molecule has 0 aliphatic heterocycles. The van der Waals surface area contributed by atoms with Crippen molar-refractivity contribution in [2.75, 3.05) is 0 Å². The molecule has 0 aliphatic carbocycles. The molecule has 0 bridgehead atoms. The largest absolute Gasteiger partial charge is 0.481 e. The Hall–Kier alpha value is -1.13. The molecule has 0 saturated carbocycles. The van der Waals surface area contributed by atoms with Crippen molar-refractivity contribution in [1.29, 1.82) is 0 Å². The monoisotopic (exact) mass is 303 g/mol. The zero-order valence-electron chi connectivity index (χ0n) is 14.1. The van der Waals surface area contributed by atoms with Crippen LogP contribution in [0.2, 0.25) is 0 Å². The van der Waals surface area contributed by atoms with Crippen LogP contribution in [0.1, 0.15) is 85.5 Å². The van der Waals surface area contributed by atoms with Crippen LogP contribution in [0.25, 0.3) is 0 Å². The van der Waals surface area contributed by atoms with Crippen LogP contribution in [-0.4, -0.2) is 17.2 Å². The molecule has 1 N–H and O–H groups in total. The average molecular weight is 303 g/mol. The molecule has 0 aromatic carbocycles. The third-order valence-electron chi connectivity index (χ3n) is 3.44. The highest BCUT2D eigenvalue weighted by molar-refractivity contribution is 5.69. The molecule has 0 amide bonds. The Morgan fingerprint density at radius 2 is 1.67 bits per heavy atom. The summed E-state index contributed by atoms with van der Waals surface area (Å²) in [4.78, 5) is 24.6. The topological polar surface area (TPSA) is 76.0 Å². The van der Waals surface area contributed by atoms with Gasteiger partial charge in [-0.3, -0.25) is 4.79 Å². The van der Waals surface area contributed by atoms with Crippen LogP contribution in [0.4, 0.5) is 0 Å². The molecule has 0 saturated heterocycles. The summed E-state index contributed by atoms with van der Waals surface area (Å²) in [5.74, 6) is -0.754. The molecule has 0 heterocycles. The summed E-state index contributed by atoms with van der Waals surface area (Å²) in [6.07, 6.45) is 9.50. The summed E-state index contributed by atoms with van der Waals surface area (Å²) in [5, 5.41) is 11.0. The van der Waals surface area contributed by atoms with Gasteiger partial charge in [0.05, 0.1) is 5.92 Å². The minimum atomic E-state index is -0.643. The fraction of sp³-hybridized carbons (Fsp3) is 0.938. The van der Waals surface area contributed by atoms with Crippen molar-refractivity contribution in [2.24, 2.45) is 11.3 Å². The second-order valence-corrected chi connectivity index (χ2v) is 5.43. The SMILES string of the molecule is CCCCC(CC)C(=O)O.CCCCCCC(C)ON=O. The number of carboxylic acid groups (broad SMARTS) is 1. The number of aliphatic carboxylic acids is 1. The van der Waals surface area contributed by atoms with Gasteiger partial charge in [-0.05, 0) is 32.6 Å². The number of hydrogen-bond donors (Lipinski definition) is 1. The van der Waals surface area contributed by atoms with E-state index in [1.807, 2.05) is 13.8 Å². The summed E-state index contributed by atoms with van der Waals surface area (Å²) in [6, 6.07) is 0. The van der Waals surface area contributed by atoms with Crippen molar-refractivity contribution in [2.45, 2.75) is 91.6 Å². The number of carboxylic acids is 1. The van der Waals surface area contributed by atoms with Crippen LogP contribution in [0.15, 0.2) is 5.34 Å². The Morgan fingerprint density at radius 3 is 2.10 bits per heavy atom. The summed E-state index contributed by atoms with van der Waals surface area (Å²) in [5.41, 5.74) is 0. The van der Waals surface area contributed by atoms with Crippen molar-refractivity contribution in [3.8, 4) is 0 Å². The van der Waals surface area contributed by atoms with Gasteiger partial charge in [0.15, 0.2) is 5.34 Å². The van der Waals surface area contributed by atoms with Crippen LogP contribution in [0.3, 0.4) is 0 Å². The third kappa shape index (κ3) is 16.8. The lowest BCUT2D eigenvalue weighted by Gasteiger charge is -2.06. The Bertz CT molecular complexity index is 246. The predicted octanol–water partition coefficient (Wildman–Crippen LogP) is 5.33. The van der Waals surface area contributed by atoms with Crippen LogP contribution >= 0.6 is 0 Å². The van der Waals surface area contributed by atoms with Crippen molar-refractivity contribution in [3.63, 3.8) is 0 Å². The van der Waals surface area contributed by atoms with Crippen LogP contribution < -0.4 is 0 Å². The van der Waals surface area contributed by atoms with E-state index in [-0.39, 0.29) is 12.0 Å². The molecule has 0 spiro atoms. The number of rotatable bonds is 12. The average Bonchev–Trinajstić information content (AvgIpc) is 2.45. The van der Waals surface area contributed by atoms with Crippen molar-refractivity contribution < 1.29 is 14.7 Å². The lowest BCUT2D eigenvalue weighted by atomic mass is 10.00. The highest BCUT2D eigenvalue weighted by atomic mass is 16.7. The van der Waals surface area contributed by atoms with Gasteiger partial charge in [-0.1, -0.05) is 52.9 Å². The van der Waals surface area contributed by atoms with E-state index in [9.17, 15) is 9.70 Å². The molecule has 0 aromatic rings. The quantitative estimate of drug-likeness (QED) is 0.300. The number of hydrogen-bond acceptors (Lipinski definition) is 4. The van der Waals surface area contributed by atoms with E-state index < -0.39 is 5.97 Å². The highest BCUT2D eigenvalue weighted by Gasteiger charge is 2.12. The van der Waals surface area contributed by atoms with E-state index in [2.05, 4.69) is 24.0 Å². The Labute approximate surface area is 129 Å². The van der Waals surface area contributed by atoms with Gasteiger partial charge in [-0.15, -0.1) is 4.91 Å². The summed E-state index contributed by atoms with van der Waals surface area (Å²) in [7, 11) is 0. The molecule has 2 atom stereocenters. The Kier molecular flexibility index (Phi) is 17.9. The fourth-order valence-electron chi connectivity index (χ4n) is 1.94. The van der Waals surface area contributed by atoms with Gasteiger partial charge in [-0.2, -0.15) is 0 Å². The number of nitrogens with zero attached hydrogens (tertiary/aromatic N) is 1. The smallest absolute Gasteiger partial charge is 0.306 e. The van der Waals surface area contributed by atoms with E-state index in [0.717, 1.165) is 38.5 Å². The maximum Gasteiger partial charge on any atom is 0.306 e. The van der Waals surface area contributed by atoms with Gasteiger partial charge in [0.25, 0.3) is 0 Å². The van der Waals surface area contributed by atoms with E-state index in [0.29, 0.717) is 0 Å². The first-order valence-electron chi connectivity index (χ1n) is 8.24. The van der Waals surface area contributed by atoms with Gasteiger partial charge >= 0.3 is 5.97 Å². The predicted molar refractivity (Wildman–Crippen MR) is 86.0 cm³/mol. The first-order chi connectivity index (χ1) is 10.0. The molecule has 0 aliphatic rings. The van der Waals surface area contributed by atoms with Crippen LogP contribution in [0, 0.1) is 10.8 Å². The third-order valence-corrected chi connectivity index (χ3v) is 3.44. The zero-order chi connectivity index (χ0) is 16.5. The molecule has 126 valence electrons. The van der Waals surface area contributed by atoms with Gasteiger partial charge < -0.3 is 9.94 Å². The van der Waals surface area contributed by atoms with E-state index >= 15 is 0 Å². The molecule has 5 nitrogen and oxygen atoms in total. The van der Waals surface area contributed by atoms with Crippen molar-refractivity contribution in [1.82, 2.24) is 0 Å². The summed E-state index contributed by atoms with van der Waals surface area (Å²) < 4.78 is 0. The van der Waals surface area contributed by atoms with E-state index in [1.54, 1.807) is 0 Å². The van der Waals surface area contributed by atoms with Crippen molar-refractivity contribution >= 4 is 5.97 Å². The van der Waals surface area contributed by atoms with E-state index in [4.69, 9.17) is 5.11 Å². The highest BCUT2D eigenvalue weighted by Crippen LogP contribution is 2.11. The maximum absolute atomic E-state index is 10.4. The Balaban J connectivity index is 0. The summed E-state index contributed by atoms with van der Waals surface area (Å²) in [6.45, 7) is 8.04. The summed E-state index contributed by atoms with van der Waals surface area (Å²) >= 11 is 0. The second-order valence-electron chi connectivity index (χ2n) is 5.43. The van der Waals surface area contributed by atoms with Crippen LogP contribution in [-0.2, 0) is 9.63 Å². The molecule has 21 heavy (non-hydrogen) atoms. The molecule has 0 fully saturated rings. The van der Waals surface area contributed by atoms with Crippen LogP contribution in [0.5, 0.6) is 0 Å². The lowest BCUT2D eigenvalue weighted by molar-refractivity contribution is -0.142. The maximum atomic E-state index is 10.4. The lowest BCUT2D eigenvalue weighted by Crippen LogP contribution is -2.11.